The molecule has 0 saturated carbocycles. The Kier molecular flexibility index (Phi) is 33.5. The molecule has 56 valence electrons. The van der Waals surface area contributed by atoms with Crippen LogP contribution in [0.4, 0.5) is 0 Å². The standard InChI is InChI=1S/Ca.Cr.Cu.2H2O.3O.Y.2H/h;;;2*1H2;;;;;;/q;+2;;;;;;;;;/p-2. The first-order valence-corrected chi connectivity index (χ1v) is 3.39. The van der Waals surface area contributed by atoms with Gasteiger partial charge in [-0.25, -0.2) is 0 Å². The second-order valence-electron chi connectivity index (χ2n) is 0.448. The Hall–Kier alpha value is 2.74. The normalized spacial score (nSPS) is 7.11. The molecule has 5 nitrogen and oxygen atoms in total. The summed E-state index contributed by atoms with van der Waals surface area (Å²) in [6, 6.07) is 0. The van der Waals surface area contributed by atoms with Gasteiger partial charge < -0.3 is 0 Å². The Morgan fingerprint density at radius 2 is 1.11 bits per heavy atom. The first-order chi connectivity index (χ1) is 3.00. The summed E-state index contributed by atoms with van der Waals surface area (Å²) in [6.07, 6.45) is 0. The fourth-order valence-corrected chi connectivity index (χ4v) is 0. The first kappa shape index (κ1) is 22.6. The molecule has 0 heterocycles. The molecule has 0 aliphatic rings. The third-order valence-corrected chi connectivity index (χ3v) is 0. The molecular weight excluding hydrogens is 325 g/mol. The molecule has 0 aliphatic heterocycles. The molecule has 0 aromatic rings. The van der Waals surface area contributed by atoms with Crippen molar-refractivity contribution in [1.82, 2.24) is 0 Å². The SMILES string of the molecule is [CaH2].[O]=[Cr](=[O])([OH])[OH].[O]=[Cu].[Y]. The van der Waals surface area contributed by atoms with E-state index in [0.29, 0.717) is 0 Å². The van der Waals surface area contributed by atoms with Crippen LogP contribution in [0.1, 0.15) is 0 Å². The summed E-state index contributed by atoms with van der Waals surface area (Å²) in [5, 5.41) is 0. The summed E-state index contributed by atoms with van der Waals surface area (Å²) in [7, 11) is 0. The quantitative estimate of drug-likeness (QED) is 0.484. The van der Waals surface area contributed by atoms with E-state index in [4.69, 9.17) is 19.8 Å². The molecule has 0 bridgehead atoms. The average molecular weight is 329 g/mol. The Morgan fingerprint density at radius 1 is 1.11 bits per heavy atom. The Bertz CT molecular complexity index is 111. The van der Waals surface area contributed by atoms with E-state index in [2.05, 4.69) is 15.9 Å². The maximum atomic E-state index is 8.82. The Morgan fingerprint density at radius 3 is 1.11 bits per heavy atom. The number of hydrogen-bond donors (Lipinski definition) is 2. The summed E-state index contributed by atoms with van der Waals surface area (Å²) in [5.74, 6) is 0. The van der Waals surface area contributed by atoms with Gasteiger partial charge >= 0.3 is 87.1 Å². The van der Waals surface area contributed by atoms with E-state index < -0.39 is 13.6 Å². The van der Waals surface area contributed by atoms with Crippen LogP contribution in [0, 0.1) is 0 Å². The van der Waals surface area contributed by atoms with Crippen LogP contribution in [-0.4, -0.2) is 46.1 Å². The fraction of sp³-hybridized carbons (Fsp3) is 0. The van der Waals surface area contributed by atoms with Crippen LogP contribution < -0.4 is 0 Å². The predicted octanol–water partition coefficient (Wildman–Crippen LogP) is -2.39. The molecule has 0 saturated heterocycles. The van der Waals surface area contributed by atoms with Crippen molar-refractivity contribution >= 4 is 37.7 Å². The van der Waals surface area contributed by atoms with E-state index in [1.807, 2.05) is 0 Å². The second kappa shape index (κ2) is 13.3. The molecule has 1 radical (unpaired) electrons. The monoisotopic (exact) mass is 328 g/mol. The van der Waals surface area contributed by atoms with Gasteiger partial charge in [0, 0.05) is 32.7 Å². The maximum absolute atomic E-state index is 8.82. The van der Waals surface area contributed by atoms with Crippen molar-refractivity contribution < 1.29 is 82.0 Å². The zero-order chi connectivity index (χ0) is 6.50. The third kappa shape index (κ3) is 109. The average Bonchev–Trinajstić information content (AvgIpc) is 1.36. The van der Waals surface area contributed by atoms with Crippen LogP contribution in [0.15, 0.2) is 0 Å². The molecule has 0 aromatic carbocycles. The zero-order valence-corrected chi connectivity index (χ0v) is 8.46. The van der Waals surface area contributed by atoms with Crippen LogP contribution >= 0.6 is 0 Å². The minimum absolute atomic E-state index is 0. The van der Waals surface area contributed by atoms with Gasteiger partial charge in [-0.05, 0) is 0 Å². The molecule has 0 aliphatic carbocycles. The minimum atomic E-state index is -5.25. The van der Waals surface area contributed by atoms with Crippen molar-refractivity contribution in [2.24, 2.45) is 0 Å². The summed E-state index contributed by atoms with van der Waals surface area (Å²) >= 11 is -2.31. The molecule has 9 heavy (non-hydrogen) atoms. The molecule has 0 fully saturated rings. The van der Waals surface area contributed by atoms with Crippen molar-refractivity contribution in [2.45, 2.75) is 0 Å². The molecule has 0 unspecified atom stereocenters. The van der Waals surface area contributed by atoms with Crippen molar-refractivity contribution in [3.05, 3.63) is 0 Å². The van der Waals surface area contributed by atoms with E-state index in [1.165, 1.54) is 0 Å². The molecule has 0 spiro atoms. The topological polar surface area (TPSA) is 91.7 Å². The zero-order valence-electron chi connectivity index (χ0n) is 3.41. The van der Waals surface area contributed by atoms with E-state index in [1.54, 1.807) is 0 Å². The van der Waals surface area contributed by atoms with E-state index in [-0.39, 0.29) is 70.4 Å². The summed E-state index contributed by atoms with van der Waals surface area (Å²) in [6.45, 7) is 0. The van der Waals surface area contributed by atoms with Crippen molar-refractivity contribution in [3.63, 3.8) is 0 Å². The van der Waals surface area contributed by atoms with Gasteiger partial charge in [-0.3, -0.25) is 0 Å². The van der Waals surface area contributed by atoms with Gasteiger partial charge in [-0.1, -0.05) is 0 Å². The van der Waals surface area contributed by atoms with Gasteiger partial charge in [-0.2, -0.15) is 0 Å². The van der Waals surface area contributed by atoms with Crippen LogP contribution in [-0.2, 0) is 73.7 Å². The molecular formula is H4CaCrCuO5Y. The van der Waals surface area contributed by atoms with Gasteiger partial charge in [0.1, 0.15) is 0 Å². The van der Waals surface area contributed by atoms with Crippen LogP contribution in [0.3, 0.4) is 0 Å². The van der Waals surface area contributed by atoms with Crippen molar-refractivity contribution in [2.75, 3.05) is 0 Å². The second-order valence-corrected chi connectivity index (χ2v) is 1.85. The minimum Gasteiger partial charge on any atom is 0 e. The first-order valence-electron chi connectivity index (χ1n) is 0.822. The third-order valence-electron chi connectivity index (χ3n) is 0. The predicted molar refractivity (Wildman–Crippen MR) is 15.0 cm³/mol. The molecule has 0 amide bonds. The molecule has 0 atom stereocenters. The largest absolute Gasteiger partial charge is 0 e. The van der Waals surface area contributed by atoms with Crippen LogP contribution in [0.2, 0.25) is 0 Å². The van der Waals surface area contributed by atoms with Crippen molar-refractivity contribution in [3.8, 4) is 0 Å². The van der Waals surface area contributed by atoms with E-state index in [0.717, 1.165) is 0 Å². The van der Waals surface area contributed by atoms with Gasteiger partial charge in [0.05, 0.1) is 0 Å². The summed E-state index contributed by atoms with van der Waals surface area (Å²) < 4.78 is 39.7. The Balaban J connectivity index is -0.0000000286. The summed E-state index contributed by atoms with van der Waals surface area (Å²) in [4.78, 5) is 0. The van der Waals surface area contributed by atoms with E-state index in [9.17, 15) is 0 Å². The van der Waals surface area contributed by atoms with Crippen LogP contribution in [0.5, 0.6) is 0 Å². The van der Waals surface area contributed by atoms with Crippen LogP contribution in [0.25, 0.3) is 0 Å². The Labute approximate surface area is 117 Å². The maximum Gasteiger partial charge on any atom is 0 e. The molecule has 2 N–H and O–H groups in total. The van der Waals surface area contributed by atoms with Gasteiger partial charge in [-0.15, -0.1) is 0 Å². The van der Waals surface area contributed by atoms with Crippen molar-refractivity contribution in [1.29, 1.82) is 0 Å². The number of hydrogen-bond acceptors (Lipinski definition) is 3. The summed E-state index contributed by atoms with van der Waals surface area (Å²) in [5.41, 5.74) is 0. The van der Waals surface area contributed by atoms with Gasteiger partial charge in [0.15, 0.2) is 0 Å². The number of rotatable bonds is 0. The van der Waals surface area contributed by atoms with E-state index >= 15 is 0 Å². The molecule has 0 aromatic heterocycles. The van der Waals surface area contributed by atoms with Gasteiger partial charge in [0.25, 0.3) is 0 Å². The molecule has 9 heteroatoms. The molecule has 0 rings (SSSR count). The smallest absolute Gasteiger partial charge is 0 e. The fourth-order valence-electron chi connectivity index (χ4n) is 0. The van der Waals surface area contributed by atoms with Gasteiger partial charge in [0.2, 0.25) is 0 Å².